The molecular weight excluding hydrogens is 162 g/mol. The molecule has 2 nitrogen and oxygen atoms in total. The van der Waals surface area contributed by atoms with E-state index in [1.807, 2.05) is 7.05 Å². The third-order valence-corrected chi connectivity index (χ3v) is 2.82. The van der Waals surface area contributed by atoms with E-state index in [1.165, 1.54) is 5.57 Å². The number of likely N-dealkylation sites (N-methyl/N-ethyl adjacent to an activating group) is 1. The number of carbonyl (C=O) groups excluding carboxylic acids is 1. The van der Waals surface area contributed by atoms with Crippen LogP contribution in [0.15, 0.2) is 23.3 Å². The summed E-state index contributed by atoms with van der Waals surface area (Å²) < 4.78 is 0. The SMILES string of the molecule is C[C@H]1C=C2CCN(C)C(=O)C2=CC1. The van der Waals surface area contributed by atoms with Gasteiger partial charge in [-0.15, -0.1) is 0 Å². The van der Waals surface area contributed by atoms with Gasteiger partial charge in [-0.25, -0.2) is 0 Å². The van der Waals surface area contributed by atoms with Crippen molar-refractivity contribution in [3.05, 3.63) is 23.3 Å². The van der Waals surface area contributed by atoms with Crippen molar-refractivity contribution in [2.45, 2.75) is 19.8 Å². The van der Waals surface area contributed by atoms with Crippen molar-refractivity contribution in [1.82, 2.24) is 4.90 Å². The van der Waals surface area contributed by atoms with E-state index in [-0.39, 0.29) is 5.91 Å². The number of carbonyl (C=O) groups is 1. The Labute approximate surface area is 78.9 Å². The minimum absolute atomic E-state index is 0.199. The summed E-state index contributed by atoms with van der Waals surface area (Å²) >= 11 is 0. The first-order valence-corrected chi connectivity index (χ1v) is 4.85. The van der Waals surface area contributed by atoms with E-state index in [0.29, 0.717) is 5.92 Å². The van der Waals surface area contributed by atoms with E-state index in [9.17, 15) is 4.79 Å². The second kappa shape index (κ2) is 3.02. The summed E-state index contributed by atoms with van der Waals surface area (Å²) in [7, 11) is 1.87. The fourth-order valence-electron chi connectivity index (χ4n) is 1.97. The maximum Gasteiger partial charge on any atom is 0.253 e. The molecule has 1 atom stereocenters. The predicted octanol–water partition coefficient (Wildman–Crippen LogP) is 1.74. The zero-order chi connectivity index (χ0) is 9.42. The highest BCUT2D eigenvalue weighted by molar-refractivity contribution is 5.99. The number of fused-ring (bicyclic) bond motifs is 1. The summed E-state index contributed by atoms with van der Waals surface area (Å²) in [6.45, 7) is 3.07. The molecule has 0 radical (unpaired) electrons. The van der Waals surface area contributed by atoms with E-state index < -0.39 is 0 Å². The zero-order valence-electron chi connectivity index (χ0n) is 8.21. The van der Waals surface area contributed by atoms with E-state index in [2.05, 4.69) is 19.1 Å². The van der Waals surface area contributed by atoms with Gasteiger partial charge in [0.05, 0.1) is 0 Å². The van der Waals surface area contributed by atoms with Crippen molar-refractivity contribution < 1.29 is 4.79 Å². The third-order valence-electron chi connectivity index (χ3n) is 2.82. The van der Waals surface area contributed by atoms with Crippen LogP contribution >= 0.6 is 0 Å². The Bertz CT molecular complexity index is 301. The van der Waals surface area contributed by atoms with Crippen molar-refractivity contribution in [1.29, 1.82) is 0 Å². The molecule has 0 aromatic carbocycles. The van der Waals surface area contributed by atoms with Crippen molar-refractivity contribution in [2.75, 3.05) is 13.6 Å². The number of amides is 1. The molecule has 0 N–H and O–H groups in total. The maximum atomic E-state index is 11.7. The smallest absolute Gasteiger partial charge is 0.253 e. The number of rotatable bonds is 0. The average Bonchev–Trinajstić information content (AvgIpc) is 2.12. The summed E-state index contributed by atoms with van der Waals surface area (Å²) in [6, 6.07) is 0. The molecule has 2 rings (SSSR count). The first kappa shape index (κ1) is 8.54. The van der Waals surface area contributed by atoms with E-state index >= 15 is 0 Å². The van der Waals surface area contributed by atoms with Crippen LogP contribution in [0.4, 0.5) is 0 Å². The van der Waals surface area contributed by atoms with Gasteiger partial charge in [0.15, 0.2) is 0 Å². The molecule has 0 spiro atoms. The summed E-state index contributed by atoms with van der Waals surface area (Å²) in [5, 5.41) is 0. The zero-order valence-corrected chi connectivity index (χ0v) is 8.21. The molecule has 0 aromatic heterocycles. The largest absolute Gasteiger partial charge is 0.341 e. The van der Waals surface area contributed by atoms with Gasteiger partial charge in [-0.1, -0.05) is 19.1 Å². The van der Waals surface area contributed by atoms with Gasteiger partial charge < -0.3 is 4.90 Å². The van der Waals surface area contributed by atoms with Crippen molar-refractivity contribution in [3.63, 3.8) is 0 Å². The molecule has 1 aliphatic heterocycles. The quantitative estimate of drug-likeness (QED) is 0.552. The Kier molecular flexibility index (Phi) is 1.98. The number of allylic oxidation sites excluding steroid dienone is 2. The lowest BCUT2D eigenvalue weighted by Crippen LogP contribution is -2.35. The highest BCUT2D eigenvalue weighted by Crippen LogP contribution is 2.29. The Morgan fingerprint density at radius 2 is 2.31 bits per heavy atom. The number of hydrogen-bond acceptors (Lipinski definition) is 1. The van der Waals surface area contributed by atoms with Crippen LogP contribution in [0, 0.1) is 5.92 Å². The summed E-state index contributed by atoms with van der Waals surface area (Å²) in [4.78, 5) is 13.5. The molecule has 1 aliphatic carbocycles. The molecule has 2 aliphatic rings. The van der Waals surface area contributed by atoms with Gasteiger partial charge >= 0.3 is 0 Å². The molecule has 2 heteroatoms. The molecular formula is C11H15NO. The minimum Gasteiger partial charge on any atom is -0.341 e. The average molecular weight is 177 g/mol. The summed E-state index contributed by atoms with van der Waals surface area (Å²) in [6.07, 6.45) is 6.38. The fourth-order valence-corrected chi connectivity index (χ4v) is 1.97. The van der Waals surface area contributed by atoms with Gasteiger partial charge in [0.1, 0.15) is 0 Å². The van der Waals surface area contributed by atoms with Crippen LogP contribution in [0.2, 0.25) is 0 Å². The van der Waals surface area contributed by atoms with Crippen LogP contribution in [0.1, 0.15) is 19.8 Å². The Hall–Kier alpha value is -1.05. The molecule has 1 heterocycles. The van der Waals surface area contributed by atoms with Crippen molar-refractivity contribution >= 4 is 5.91 Å². The molecule has 0 bridgehead atoms. The Morgan fingerprint density at radius 3 is 3.08 bits per heavy atom. The monoisotopic (exact) mass is 177 g/mol. The van der Waals surface area contributed by atoms with Crippen LogP contribution in [0.5, 0.6) is 0 Å². The number of hydrogen-bond donors (Lipinski definition) is 0. The van der Waals surface area contributed by atoms with Crippen LogP contribution in [0.3, 0.4) is 0 Å². The highest BCUT2D eigenvalue weighted by Gasteiger charge is 2.26. The Morgan fingerprint density at radius 1 is 1.54 bits per heavy atom. The fraction of sp³-hybridized carbons (Fsp3) is 0.545. The van der Waals surface area contributed by atoms with Gasteiger partial charge in [0.25, 0.3) is 5.91 Å². The van der Waals surface area contributed by atoms with Crippen LogP contribution in [-0.4, -0.2) is 24.4 Å². The maximum absolute atomic E-state index is 11.7. The van der Waals surface area contributed by atoms with Gasteiger partial charge in [-0.2, -0.15) is 0 Å². The standard InChI is InChI=1S/C11H15NO/c1-8-3-4-10-9(7-8)5-6-12(2)11(10)13/h4,7-8H,3,5-6H2,1-2H3/t8-/m1/s1. The molecule has 0 unspecified atom stereocenters. The van der Waals surface area contributed by atoms with Gasteiger partial charge in [-0.05, 0) is 24.3 Å². The first-order valence-electron chi connectivity index (χ1n) is 4.85. The number of piperidine rings is 1. The molecule has 70 valence electrons. The minimum atomic E-state index is 0.199. The molecule has 1 fully saturated rings. The highest BCUT2D eigenvalue weighted by atomic mass is 16.2. The van der Waals surface area contributed by atoms with Crippen LogP contribution in [-0.2, 0) is 4.79 Å². The van der Waals surface area contributed by atoms with E-state index in [0.717, 1.165) is 25.0 Å². The molecule has 1 amide bonds. The van der Waals surface area contributed by atoms with Gasteiger partial charge in [-0.3, -0.25) is 4.79 Å². The van der Waals surface area contributed by atoms with Crippen molar-refractivity contribution in [2.24, 2.45) is 5.92 Å². The second-order valence-corrected chi connectivity index (χ2v) is 4.00. The Balaban J connectivity index is 2.30. The van der Waals surface area contributed by atoms with E-state index in [1.54, 1.807) is 4.90 Å². The normalized spacial score (nSPS) is 28.0. The number of nitrogens with zero attached hydrogens (tertiary/aromatic N) is 1. The van der Waals surface area contributed by atoms with Crippen LogP contribution < -0.4 is 0 Å². The first-order chi connectivity index (χ1) is 6.18. The summed E-state index contributed by atoms with van der Waals surface area (Å²) in [5.74, 6) is 0.805. The molecule has 0 saturated carbocycles. The lowest BCUT2D eigenvalue weighted by molar-refractivity contribution is -0.126. The topological polar surface area (TPSA) is 20.3 Å². The lowest BCUT2D eigenvalue weighted by atomic mass is 9.87. The molecule has 1 saturated heterocycles. The second-order valence-electron chi connectivity index (χ2n) is 4.00. The van der Waals surface area contributed by atoms with Crippen LogP contribution in [0.25, 0.3) is 0 Å². The summed E-state index contributed by atoms with van der Waals surface area (Å²) in [5.41, 5.74) is 2.22. The van der Waals surface area contributed by atoms with E-state index in [4.69, 9.17) is 0 Å². The number of likely N-dealkylation sites (tertiary alicyclic amines) is 1. The van der Waals surface area contributed by atoms with Gasteiger partial charge in [0.2, 0.25) is 0 Å². The third kappa shape index (κ3) is 1.41. The molecule has 13 heavy (non-hydrogen) atoms. The van der Waals surface area contributed by atoms with Gasteiger partial charge in [0, 0.05) is 19.2 Å². The predicted molar refractivity (Wildman–Crippen MR) is 52.2 cm³/mol. The lowest BCUT2D eigenvalue weighted by Gasteiger charge is -2.29. The van der Waals surface area contributed by atoms with Crippen molar-refractivity contribution in [3.8, 4) is 0 Å². The molecule has 0 aromatic rings.